The molecular weight excluding hydrogens is 458 g/mol. The van der Waals surface area contributed by atoms with Crippen LogP contribution in [0.5, 0.6) is 0 Å². The molecule has 0 atom stereocenters. The van der Waals surface area contributed by atoms with Crippen molar-refractivity contribution >= 4 is 29.0 Å². The van der Waals surface area contributed by atoms with Gasteiger partial charge >= 0.3 is 0 Å². The quantitative estimate of drug-likeness (QED) is 0.454. The van der Waals surface area contributed by atoms with Crippen LogP contribution in [0.1, 0.15) is 37.7 Å². The van der Waals surface area contributed by atoms with Gasteiger partial charge in [0, 0.05) is 49.2 Å². The molecule has 1 aromatic heterocycles. The van der Waals surface area contributed by atoms with Crippen molar-refractivity contribution in [2.45, 2.75) is 50.3 Å². The number of benzene rings is 2. The van der Waals surface area contributed by atoms with E-state index < -0.39 is 0 Å². The van der Waals surface area contributed by atoms with Crippen LogP contribution < -0.4 is 10.2 Å². The lowest BCUT2D eigenvalue weighted by Gasteiger charge is -2.41. The van der Waals surface area contributed by atoms with Crippen LogP contribution in [0.15, 0.2) is 58.2 Å². The summed E-state index contributed by atoms with van der Waals surface area (Å²) in [5, 5.41) is 11.5. The third-order valence-corrected chi connectivity index (χ3v) is 7.74. The van der Waals surface area contributed by atoms with E-state index in [0.29, 0.717) is 11.1 Å². The molecule has 2 aliphatic rings. The monoisotopic (exact) mass is 491 g/mol. The van der Waals surface area contributed by atoms with E-state index in [1.807, 2.05) is 43.3 Å². The van der Waals surface area contributed by atoms with Gasteiger partial charge < -0.3 is 14.6 Å². The van der Waals surface area contributed by atoms with Gasteiger partial charge in [0.05, 0.1) is 5.75 Å². The smallest absolute Gasteiger partial charge is 0.277 e. The van der Waals surface area contributed by atoms with Gasteiger partial charge in [-0.25, -0.2) is 0 Å². The number of anilines is 2. The number of hydrogen-bond acceptors (Lipinski definition) is 7. The summed E-state index contributed by atoms with van der Waals surface area (Å²) >= 11 is 1.24. The molecule has 184 valence electrons. The van der Waals surface area contributed by atoms with E-state index in [2.05, 4.69) is 37.4 Å². The zero-order chi connectivity index (χ0) is 24.0. The van der Waals surface area contributed by atoms with Gasteiger partial charge in [-0.3, -0.25) is 9.69 Å². The maximum atomic E-state index is 12.4. The van der Waals surface area contributed by atoms with Crippen LogP contribution in [0.4, 0.5) is 11.4 Å². The van der Waals surface area contributed by atoms with Crippen molar-refractivity contribution in [2.75, 3.05) is 42.1 Å². The Kier molecular flexibility index (Phi) is 7.69. The second kappa shape index (κ2) is 11.3. The summed E-state index contributed by atoms with van der Waals surface area (Å²) in [6, 6.07) is 16.9. The number of hydrogen-bond donors (Lipinski definition) is 1. The van der Waals surface area contributed by atoms with Crippen molar-refractivity contribution in [1.82, 2.24) is 15.1 Å². The predicted molar refractivity (Wildman–Crippen MR) is 141 cm³/mol. The normalized spacial score (nSPS) is 17.5. The largest absolute Gasteiger partial charge is 0.411 e. The first-order chi connectivity index (χ1) is 17.1. The Labute approximate surface area is 211 Å². The van der Waals surface area contributed by atoms with E-state index >= 15 is 0 Å². The number of rotatable bonds is 7. The molecule has 0 spiro atoms. The lowest BCUT2D eigenvalue weighted by Crippen LogP contribution is -2.50. The highest BCUT2D eigenvalue weighted by Crippen LogP contribution is 2.26. The highest BCUT2D eigenvalue weighted by Gasteiger charge is 2.25. The molecule has 1 N–H and O–H groups in total. The zero-order valence-electron chi connectivity index (χ0n) is 20.3. The van der Waals surface area contributed by atoms with Crippen LogP contribution in [0.3, 0.4) is 0 Å². The van der Waals surface area contributed by atoms with Crippen LogP contribution in [0, 0.1) is 6.92 Å². The van der Waals surface area contributed by atoms with E-state index in [1.54, 1.807) is 0 Å². The number of thioether (sulfide) groups is 1. The summed E-state index contributed by atoms with van der Waals surface area (Å²) < 4.78 is 5.71. The summed E-state index contributed by atoms with van der Waals surface area (Å²) in [7, 11) is 0. The molecule has 8 heteroatoms. The number of carbonyl (C=O) groups excluding carboxylic acids is 1. The van der Waals surface area contributed by atoms with Crippen LogP contribution in [0.25, 0.3) is 11.5 Å². The van der Waals surface area contributed by atoms with Gasteiger partial charge in [-0.05, 0) is 56.2 Å². The Balaban J connectivity index is 1.08. The van der Waals surface area contributed by atoms with E-state index in [1.165, 1.54) is 49.6 Å². The van der Waals surface area contributed by atoms with Crippen molar-refractivity contribution in [1.29, 1.82) is 0 Å². The fourth-order valence-electron chi connectivity index (χ4n) is 5.03. The van der Waals surface area contributed by atoms with E-state index in [4.69, 9.17) is 4.42 Å². The first-order valence-electron chi connectivity index (χ1n) is 12.6. The number of amides is 1. The van der Waals surface area contributed by atoms with Gasteiger partial charge in [-0.2, -0.15) is 0 Å². The molecule has 5 rings (SSSR count). The Hall–Kier alpha value is -2.84. The molecule has 1 aliphatic heterocycles. The van der Waals surface area contributed by atoms with E-state index in [0.717, 1.165) is 49.0 Å². The Morgan fingerprint density at radius 1 is 1.03 bits per heavy atom. The van der Waals surface area contributed by atoms with Crippen molar-refractivity contribution < 1.29 is 9.21 Å². The van der Waals surface area contributed by atoms with E-state index in [-0.39, 0.29) is 11.7 Å². The predicted octanol–water partition coefficient (Wildman–Crippen LogP) is 5.23. The van der Waals surface area contributed by atoms with Gasteiger partial charge in [-0.1, -0.05) is 48.7 Å². The maximum absolute atomic E-state index is 12.4. The van der Waals surface area contributed by atoms with Crippen LogP contribution >= 0.6 is 11.8 Å². The third-order valence-electron chi connectivity index (χ3n) is 6.92. The number of nitrogens with zero attached hydrogens (tertiary/aromatic N) is 4. The summed E-state index contributed by atoms with van der Waals surface area (Å²) in [5.41, 5.74) is 4.02. The molecule has 2 aromatic carbocycles. The highest BCUT2D eigenvalue weighted by molar-refractivity contribution is 7.99. The second-order valence-electron chi connectivity index (χ2n) is 9.44. The topological polar surface area (TPSA) is 74.5 Å². The molecule has 0 radical (unpaired) electrons. The van der Waals surface area contributed by atoms with Crippen LogP contribution in [-0.2, 0) is 4.79 Å². The SMILES string of the molecule is Cc1cccc(-c2nnc(SCC(=O)Nc3ccc(N4CCN(C5CCCCC5)CC4)cc3)o2)c1. The number of carbonyl (C=O) groups is 1. The third kappa shape index (κ3) is 6.24. The Bertz CT molecular complexity index is 1120. The lowest BCUT2D eigenvalue weighted by atomic mass is 9.94. The van der Waals surface area contributed by atoms with E-state index in [9.17, 15) is 4.79 Å². The molecule has 0 bridgehead atoms. The first-order valence-corrected chi connectivity index (χ1v) is 13.5. The van der Waals surface area contributed by atoms with Gasteiger partial charge in [0.15, 0.2) is 0 Å². The summed E-state index contributed by atoms with van der Waals surface area (Å²) in [6.07, 6.45) is 6.92. The molecule has 2 heterocycles. The van der Waals surface area contributed by atoms with Crippen molar-refractivity contribution in [3.8, 4) is 11.5 Å². The second-order valence-corrected chi connectivity index (χ2v) is 10.4. The number of aryl methyl sites for hydroxylation is 1. The maximum Gasteiger partial charge on any atom is 0.277 e. The molecule has 35 heavy (non-hydrogen) atoms. The standard InChI is InChI=1S/C27H33N5O2S/c1-20-6-5-7-21(18-20)26-29-30-27(34-26)35-19-25(33)28-22-10-12-24(13-11-22)32-16-14-31(15-17-32)23-8-3-2-4-9-23/h5-7,10-13,18,23H,2-4,8-9,14-17,19H2,1H3,(H,28,33). The minimum Gasteiger partial charge on any atom is -0.411 e. The van der Waals surface area contributed by atoms with Gasteiger partial charge in [0.1, 0.15) is 0 Å². The van der Waals surface area contributed by atoms with Crippen LogP contribution in [-0.4, -0.2) is 59.0 Å². The summed E-state index contributed by atoms with van der Waals surface area (Å²) in [5.74, 6) is 0.575. The molecular formula is C27H33N5O2S. The average Bonchev–Trinajstić information content (AvgIpc) is 3.38. The first kappa shape index (κ1) is 23.9. The summed E-state index contributed by atoms with van der Waals surface area (Å²) in [6.45, 7) is 6.43. The molecule has 1 saturated heterocycles. The minimum absolute atomic E-state index is 0.0980. The van der Waals surface area contributed by atoms with Crippen molar-refractivity contribution in [3.05, 3.63) is 54.1 Å². The Morgan fingerprint density at radius 2 is 1.80 bits per heavy atom. The summed E-state index contributed by atoms with van der Waals surface area (Å²) in [4.78, 5) is 17.6. The highest BCUT2D eigenvalue weighted by atomic mass is 32.2. The fraction of sp³-hybridized carbons (Fsp3) is 0.444. The molecule has 7 nitrogen and oxygen atoms in total. The lowest BCUT2D eigenvalue weighted by molar-refractivity contribution is -0.113. The number of piperazine rings is 1. The molecule has 0 unspecified atom stereocenters. The van der Waals surface area contributed by atoms with Crippen molar-refractivity contribution in [2.24, 2.45) is 0 Å². The number of aromatic nitrogens is 2. The molecule has 2 fully saturated rings. The van der Waals surface area contributed by atoms with Gasteiger partial charge in [-0.15, -0.1) is 10.2 Å². The van der Waals surface area contributed by atoms with Crippen molar-refractivity contribution in [3.63, 3.8) is 0 Å². The molecule has 1 saturated carbocycles. The Morgan fingerprint density at radius 3 is 2.54 bits per heavy atom. The van der Waals surface area contributed by atoms with Crippen LogP contribution in [0.2, 0.25) is 0 Å². The minimum atomic E-state index is -0.0980. The number of nitrogens with one attached hydrogen (secondary N) is 1. The van der Waals surface area contributed by atoms with Gasteiger partial charge in [0.25, 0.3) is 5.22 Å². The average molecular weight is 492 g/mol. The zero-order valence-corrected chi connectivity index (χ0v) is 21.1. The molecule has 1 amide bonds. The molecule has 1 aliphatic carbocycles. The van der Waals surface area contributed by atoms with Gasteiger partial charge in [0.2, 0.25) is 11.8 Å². The fourth-order valence-corrected chi connectivity index (χ4v) is 5.60. The molecule has 3 aromatic rings.